The second-order valence-electron chi connectivity index (χ2n) is 5.08. The van der Waals surface area contributed by atoms with Gasteiger partial charge in [0.15, 0.2) is 0 Å². The molecule has 0 radical (unpaired) electrons. The van der Waals surface area contributed by atoms with Gasteiger partial charge in [0.05, 0.1) is 11.1 Å². The van der Waals surface area contributed by atoms with E-state index in [1.165, 1.54) is 21.9 Å². The molecule has 0 aliphatic heterocycles. The Hall–Kier alpha value is -0.920. The molecule has 114 valence electrons. The molecule has 0 saturated carbocycles. The lowest BCUT2D eigenvalue weighted by Crippen LogP contribution is -2.38. The summed E-state index contributed by atoms with van der Waals surface area (Å²) in [5.41, 5.74) is 0. The van der Waals surface area contributed by atoms with Gasteiger partial charge in [-0.3, -0.25) is 4.79 Å². The smallest absolute Gasteiger partial charge is 0.261 e. The van der Waals surface area contributed by atoms with Crippen LogP contribution in [0, 0.1) is 5.92 Å². The van der Waals surface area contributed by atoms with Crippen LogP contribution < -0.4 is 5.32 Å². The van der Waals surface area contributed by atoms with Gasteiger partial charge in [-0.15, -0.1) is 11.3 Å². The third kappa shape index (κ3) is 6.02. The lowest BCUT2D eigenvalue weighted by atomic mass is 10.1. The highest BCUT2D eigenvalue weighted by molar-refractivity contribution is 7.88. The van der Waals surface area contributed by atoms with Gasteiger partial charge >= 0.3 is 0 Å². The zero-order chi connectivity index (χ0) is 15.2. The summed E-state index contributed by atoms with van der Waals surface area (Å²) in [4.78, 5) is 12.4. The molecule has 7 heteroatoms. The van der Waals surface area contributed by atoms with Crippen molar-refractivity contribution in [1.29, 1.82) is 0 Å². The molecule has 5 nitrogen and oxygen atoms in total. The quantitative estimate of drug-likeness (QED) is 0.794. The highest BCUT2D eigenvalue weighted by Gasteiger charge is 2.17. The van der Waals surface area contributed by atoms with E-state index in [0.717, 1.165) is 6.42 Å². The summed E-state index contributed by atoms with van der Waals surface area (Å²) >= 11 is 1.37. The van der Waals surface area contributed by atoms with Crippen molar-refractivity contribution in [3.8, 4) is 0 Å². The minimum atomic E-state index is -3.23. The summed E-state index contributed by atoms with van der Waals surface area (Å²) in [6.45, 7) is 5.23. The SMILES string of the molecule is CC(C)CCN(CCNC(=O)c1cccs1)S(C)(=O)=O. The van der Waals surface area contributed by atoms with Gasteiger partial charge < -0.3 is 5.32 Å². The standard InChI is InChI=1S/C13H22N2O3S2/c1-11(2)6-8-15(20(3,17)18)9-7-14-13(16)12-5-4-10-19-12/h4-5,10-11H,6-9H2,1-3H3,(H,14,16). The topological polar surface area (TPSA) is 66.5 Å². The molecular weight excluding hydrogens is 296 g/mol. The van der Waals surface area contributed by atoms with Crippen LogP contribution in [0.4, 0.5) is 0 Å². The molecule has 20 heavy (non-hydrogen) atoms. The molecule has 1 amide bonds. The largest absolute Gasteiger partial charge is 0.350 e. The summed E-state index contributed by atoms with van der Waals surface area (Å²) in [6, 6.07) is 3.55. The van der Waals surface area contributed by atoms with E-state index in [1.807, 2.05) is 11.4 Å². The summed E-state index contributed by atoms with van der Waals surface area (Å²) in [7, 11) is -3.23. The fourth-order valence-corrected chi connectivity index (χ4v) is 3.13. The molecule has 1 rings (SSSR count). The maximum absolute atomic E-state index is 11.7. The maximum atomic E-state index is 11.7. The number of sulfonamides is 1. The van der Waals surface area contributed by atoms with Gasteiger partial charge in [0.25, 0.3) is 5.91 Å². The fraction of sp³-hybridized carbons (Fsp3) is 0.615. The van der Waals surface area contributed by atoms with E-state index in [2.05, 4.69) is 19.2 Å². The number of thiophene rings is 1. The average molecular weight is 318 g/mol. The van der Waals surface area contributed by atoms with E-state index < -0.39 is 10.0 Å². The Labute approximate surface area is 125 Å². The van der Waals surface area contributed by atoms with Crippen LogP contribution in [0.1, 0.15) is 29.9 Å². The molecule has 1 aromatic heterocycles. The lowest BCUT2D eigenvalue weighted by molar-refractivity contribution is 0.0955. The summed E-state index contributed by atoms with van der Waals surface area (Å²) < 4.78 is 24.7. The highest BCUT2D eigenvalue weighted by atomic mass is 32.2. The number of carbonyl (C=O) groups excluding carboxylic acids is 1. The predicted molar refractivity (Wildman–Crippen MR) is 82.5 cm³/mol. The molecule has 0 bridgehead atoms. The Morgan fingerprint density at radius 3 is 2.60 bits per heavy atom. The lowest BCUT2D eigenvalue weighted by Gasteiger charge is -2.21. The molecular formula is C13H22N2O3S2. The normalized spacial score (nSPS) is 12.1. The van der Waals surface area contributed by atoms with Crippen molar-refractivity contribution in [3.05, 3.63) is 22.4 Å². The van der Waals surface area contributed by atoms with Crippen molar-refractivity contribution < 1.29 is 13.2 Å². The first-order valence-electron chi connectivity index (χ1n) is 6.57. The number of carbonyl (C=O) groups is 1. The minimum absolute atomic E-state index is 0.155. The first-order valence-corrected chi connectivity index (χ1v) is 9.30. The van der Waals surface area contributed by atoms with Crippen LogP contribution in [-0.4, -0.2) is 44.5 Å². The van der Waals surface area contributed by atoms with Gasteiger partial charge in [-0.25, -0.2) is 12.7 Å². The van der Waals surface area contributed by atoms with Crippen molar-refractivity contribution in [2.75, 3.05) is 25.9 Å². The number of hydrogen-bond donors (Lipinski definition) is 1. The van der Waals surface area contributed by atoms with Crippen molar-refractivity contribution in [1.82, 2.24) is 9.62 Å². The highest BCUT2D eigenvalue weighted by Crippen LogP contribution is 2.08. The van der Waals surface area contributed by atoms with E-state index in [9.17, 15) is 13.2 Å². The van der Waals surface area contributed by atoms with Crippen LogP contribution in [-0.2, 0) is 10.0 Å². The molecule has 1 heterocycles. The van der Waals surface area contributed by atoms with Gasteiger partial charge in [0, 0.05) is 19.6 Å². The first-order chi connectivity index (χ1) is 9.30. The predicted octanol–water partition coefficient (Wildman–Crippen LogP) is 1.79. The molecule has 0 atom stereocenters. The third-order valence-corrected chi connectivity index (χ3v) is 4.99. The average Bonchev–Trinajstić information content (AvgIpc) is 2.84. The van der Waals surface area contributed by atoms with E-state index in [4.69, 9.17) is 0 Å². The summed E-state index contributed by atoms with van der Waals surface area (Å²) in [5.74, 6) is 0.289. The zero-order valence-corrected chi connectivity index (χ0v) is 13.8. The van der Waals surface area contributed by atoms with E-state index in [-0.39, 0.29) is 5.91 Å². The molecule has 0 aliphatic rings. The van der Waals surface area contributed by atoms with Gasteiger partial charge in [-0.05, 0) is 23.8 Å². The number of rotatable bonds is 8. The minimum Gasteiger partial charge on any atom is -0.350 e. The fourth-order valence-electron chi connectivity index (χ4n) is 1.63. The van der Waals surface area contributed by atoms with Crippen LogP contribution in [0.5, 0.6) is 0 Å². The van der Waals surface area contributed by atoms with Crippen LogP contribution in [0.3, 0.4) is 0 Å². The first kappa shape index (κ1) is 17.1. The number of nitrogens with one attached hydrogen (secondary N) is 1. The van der Waals surface area contributed by atoms with Gasteiger partial charge in [0.2, 0.25) is 10.0 Å². The molecule has 0 saturated heterocycles. The number of hydrogen-bond acceptors (Lipinski definition) is 4. The Kier molecular flexibility index (Phi) is 6.64. The molecule has 0 aromatic carbocycles. The maximum Gasteiger partial charge on any atom is 0.261 e. The van der Waals surface area contributed by atoms with Gasteiger partial charge in [-0.1, -0.05) is 19.9 Å². The van der Waals surface area contributed by atoms with Crippen LogP contribution in [0.2, 0.25) is 0 Å². The van der Waals surface area contributed by atoms with E-state index in [0.29, 0.717) is 30.4 Å². The monoisotopic (exact) mass is 318 g/mol. The van der Waals surface area contributed by atoms with Crippen LogP contribution in [0.25, 0.3) is 0 Å². The van der Waals surface area contributed by atoms with Crippen molar-refractivity contribution in [2.45, 2.75) is 20.3 Å². The van der Waals surface area contributed by atoms with Gasteiger partial charge in [0.1, 0.15) is 0 Å². The van der Waals surface area contributed by atoms with Gasteiger partial charge in [-0.2, -0.15) is 0 Å². The van der Waals surface area contributed by atoms with Crippen LogP contribution >= 0.6 is 11.3 Å². The number of nitrogens with zero attached hydrogens (tertiary/aromatic N) is 1. The molecule has 1 N–H and O–H groups in total. The van der Waals surface area contributed by atoms with E-state index >= 15 is 0 Å². The van der Waals surface area contributed by atoms with Crippen molar-refractivity contribution in [3.63, 3.8) is 0 Å². The second kappa shape index (κ2) is 7.75. The molecule has 0 unspecified atom stereocenters. The van der Waals surface area contributed by atoms with Crippen molar-refractivity contribution in [2.24, 2.45) is 5.92 Å². The van der Waals surface area contributed by atoms with Crippen LogP contribution in [0.15, 0.2) is 17.5 Å². The Morgan fingerprint density at radius 1 is 1.40 bits per heavy atom. The summed E-state index contributed by atoms with van der Waals surface area (Å²) in [6.07, 6.45) is 2.01. The summed E-state index contributed by atoms with van der Waals surface area (Å²) in [5, 5.41) is 4.57. The molecule has 0 aliphatic carbocycles. The molecule has 0 fully saturated rings. The Morgan fingerprint density at radius 2 is 2.10 bits per heavy atom. The molecule has 0 spiro atoms. The zero-order valence-electron chi connectivity index (χ0n) is 12.1. The Balaban J connectivity index is 2.44. The second-order valence-corrected chi connectivity index (χ2v) is 8.01. The van der Waals surface area contributed by atoms with E-state index in [1.54, 1.807) is 6.07 Å². The Bertz CT molecular complexity index is 510. The van der Waals surface area contributed by atoms with Crippen molar-refractivity contribution >= 4 is 27.3 Å². The molecule has 1 aromatic rings. The third-order valence-electron chi connectivity index (χ3n) is 2.82. The number of amides is 1.